The lowest BCUT2D eigenvalue weighted by atomic mass is 9.51. The normalized spacial score (nSPS) is 26.5. The number of para-hydroxylation sites is 2. The molecule has 0 unspecified atom stereocenters. The second-order valence-corrected chi connectivity index (χ2v) is 8.44. The molecule has 0 saturated carbocycles. The smallest absolute Gasteiger partial charge is 0.274 e. The van der Waals surface area contributed by atoms with Crippen LogP contribution in [0.5, 0.6) is 0 Å². The monoisotopic (exact) mass is 441 g/mol. The van der Waals surface area contributed by atoms with Crippen LogP contribution in [0.15, 0.2) is 72.8 Å². The van der Waals surface area contributed by atoms with Crippen molar-refractivity contribution in [3.63, 3.8) is 0 Å². The highest BCUT2D eigenvalue weighted by Gasteiger charge is 2.75. The number of nitro groups is 2. The van der Waals surface area contributed by atoms with E-state index in [9.17, 15) is 29.8 Å². The molecule has 9 nitrogen and oxygen atoms in total. The molecule has 1 aliphatic heterocycles. The molecule has 3 aromatic carbocycles. The van der Waals surface area contributed by atoms with Crippen molar-refractivity contribution in [2.24, 2.45) is 11.8 Å². The van der Waals surface area contributed by atoms with Crippen molar-refractivity contribution in [3.05, 3.63) is 115 Å². The van der Waals surface area contributed by atoms with E-state index in [0.29, 0.717) is 22.3 Å². The first-order chi connectivity index (χ1) is 15.9. The first kappa shape index (κ1) is 19.3. The number of rotatable bonds is 3. The van der Waals surface area contributed by atoms with E-state index in [1.807, 2.05) is 0 Å². The molecule has 0 radical (unpaired) electrons. The van der Waals surface area contributed by atoms with Crippen LogP contribution in [0.25, 0.3) is 0 Å². The minimum absolute atomic E-state index is 0.169. The van der Waals surface area contributed by atoms with E-state index in [4.69, 9.17) is 0 Å². The molecule has 0 aromatic heterocycles. The molecule has 2 amide bonds. The Balaban J connectivity index is 1.67. The molecule has 1 saturated heterocycles. The molecule has 3 aromatic rings. The number of imide groups is 1. The molecule has 9 heteroatoms. The van der Waals surface area contributed by atoms with Crippen molar-refractivity contribution in [2.75, 3.05) is 4.90 Å². The van der Waals surface area contributed by atoms with Crippen molar-refractivity contribution in [1.82, 2.24) is 0 Å². The first-order valence-corrected chi connectivity index (χ1v) is 10.3. The topological polar surface area (TPSA) is 124 Å². The Labute approximate surface area is 186 Å². The Hall–Kier alpha value is -4.40. The average Bonchev–Trinajstić information content (AvgIpc) is 3.09. The summed E-state index contributed by atoms with van der Waals surface area (Å²) in [5, 5.41) is 24.5. The molecule has 4 aliphatic rings. The van der Waals surface area contributed by atoms with Gasteiger partial charge in [-0.1, -0.05) is 60.7 Å². The summed E-state index contributed by atoms with van der Waals surface area (Å²) in [5.41, 5.74) is -0.471. The van der Waals surface area contributed by atoms with Gasteiger partial charge in [0.15, 0.2) is 0 Å². The van der Waals surface area contributed by atoms with Gasteiger partial charge in [0.25, 0.3) is 11.2 Å². The van der Waals surface area contributed by atoms with Crippen LogP contribution in [-0.2, 0) is 15.1 Å². The lowest BCUT2D eigenvalue weighted by molar-refractivity contribution is -0.578. The van der Waals surface area contributed by atoms with Gasteiger partial charge < -0.3 is 0 Å². The van der Waals surface area contributed by atoms with Gasteiger partial charge in [-0.25, -0.2) is 4.90 Å². The molecule has 7 rings (SSSR count). The van der Waals surface area contributed by atoms with Crippen molar-refractivity contribution in [3.8, 4) is 0 Å². The third-order valence-electron chi connectivity index (χ3n) is 7.18. The third kappa shape index (κ3) is 2.11. The molecule has 162 valence electrons. The van der Waals surface area contributed by atoms with Crippen molar-refractivity contribution >= 4 is 23.2 Å². The highest BCUT2D eigenvalue weighted by molar-refractivity contribution is 6.24. The minimum Gasteiger partial charge on any atom is -0.274 e. The number of nitrogens with zero attached hydrogens (tertiary/aromatic N) is 3. The standard InChI is InChI=1S/C24H15N3O6/c28-22-20-19-13-7-1-3-9-15(13)24(27(32)33,16-10-4-2-8-14(16)19)21(20)23(29)25(22)17-11-5-6-12-18(17)26(30)31/h1-12,19-21H/t19?,20-,21+,24?/m1/s1. The maximum atomic E-state index is 13.8. The van der Waals surface area contributed by atoms with Gasteiger partial charge in [0.2, 0.25) is 11.8 Å². The van der Waals surface area contributed by atoms with Gasteiger partial charge in [0.1, 0.15) is 11.6 Å². The van der Waals surface area contributed by atoms with Gasteiger partial charge in [-0.05, 0) is 17.2 Å². The molecular weight excluding hydrogens is 426 g/mol. The highest BCUT2D eigenvalue weighted by atomic mass is 16.6. The number of carbonyl (C=O) groups excluding carboxylic acids is 2. The zero-order valence-corrected chi connectivity index (χ0v) is 17.0. The lowest BCUT2D eigenvalue weighted by Gasteiger charge is -2.48. The van der Waals surface area contributed by atoms with Crippen LogP contribution in [0.3, 0.4) is 0 Å². The lowest BCUT2D eigenvalue weighted by Crippen LogP contribution is -2.57. The number of nitro benzene ring substituents is 1. The number of amides is 2. The molecular formula is C24H15N3O6. The zero-order chi connectivity index (χ0) is 23.1. The SMILES string of the molecule is O=C1[C@@H]2C3c4ccccc4C([N+](=O)[O-])(c4ccccc43)[C@@H]2C(=O)N1c1ccccc1[N+](=O)[O-]. The largest absolute Gasteiger partial charge is 0.293 e. The summed E-state index contributed by atoms with van der Waals surface area (Å²) in [4.78, 5) is 51.7. The van der Waals surface area contributed by atoms with E-state index < -0.39 is 50.6 Å². The third-order valence-corrected chi connectivity index (χ3v) is 7.18. The quantitative estimate of drug-likeness (QED) is 0.349. The van der Waals surface area contributed by atoms with Gasteiger partial charge in [0.05, 0.1) is 10.8 Å². The molecule has 1 fully saturated rings. The van der Waals surface area contributed by atoms with Crippen molar-refractivity contribution in [1.29, 1.82) is 0 Å². The molecule has 3 aliphatic carbocycles. The Bertz CT molecular complexity index is 1370. The fourth-order valence-electron chi connectivity index (χ4n) is 6.09. The first-order valence-electron chi connectivity index (χ1n) is 10.3. The van der Waals surface area contributed by atoms with Gasteiger partial charge in [-0.3, -0.25) is 29.8 Å². The van der Waals surface area contributed by atoms with Crippen LogP contribution < -0.4 is 4.90 Å². The van der Waals surface area contributed by atoms with Gasteiger partial charge in [-0.2, -0.15) is 0 Å². The number of carbonyl (C=O) groups is 2. The number of anilines is 1. The summed E-state index contributed by atoms with van der Waals surface area (Å²) in [6.07, 6.45) is 0. The Kier molecular flexibility index (Phi) is 3.69. The summed E-state index contributed by atoms with van der Waals surface area (Å²) >= 11 is 0. The second kappa shape index (κ2) is 6.32. The van der Waals surface area contributed by atoms with E-state index in [-0.39, 0.29) is 5.69 Å². The molecule has 33 heavy (non-hydrogen) atoms. The van der Waals surface area contributed by atoms with E-state index in [1.165, 1.54) is 24.3 Å². The van der Waals surface area contributed by atoms with Gasteiger partial charge in [0, 0.05) is 28.0 Å². The Morgan fingerprint density at radius 3 is 1.88 bits per heavy atom. The molecule has 1 heterocycles. The predicted octanol–water partition coefficient (Wildman–Crippen LogP) is 3.38. The van der Waals surface area contributed by atoms with E-state index in [0.717, 1.165) is 4.90 Å². The Morgan fingerprint density at radius 2 is 1.30 bits per heavy atom. The predicted molar refractivity (Wildman–Crippen MR) is 115 cm³/mol. The maximum absolute atomic E-state index is 13.8. The van der Waals surface area contributed by atoms with Crippen LogP contribution in [-0.4, -0.2) is 21.7 Å². The van der Waals surface area contributed by atoms with Crippen LogP contribution in [0, 0.1) is 32.1 Å². The summed E-state index contributed by atoms with van der Waals surface area (Å²) in [5.74, 6) is -4.35. The van der Waals surface area contributed by atoms with E-state index in [1.54, 1.807) is 48.5 Å². The Morgan fingerprint density at radius 1 is 0.758 bits per heavy atom. The molecule has 0 spiro atoms. The molecule has 0 N–H and O–H groups in total. The fourth-order valence-corrected chi connectivity index (χ4v) is 6.09. The minimum atomic E-state index is -1.96. The summed E-state index contributed by atoms with van der Waals surface area (Å²) in [7, 11) is 0. The highest BCUT2D eigenvalue weighted by Crippen LogP contribution is 2.64. The maximum Gasteiger partial charge on any atom is 0.293 e. The van der Waals surface area contributed by atoms with Crippen LogP contribution in [0.2, 0.25) is 0 Å². The average molecular weight is 441 g/mol. The van der Waals surface area contributed by atoms with Crippen LogP contribution in [0.4, 0.5) is 11.4 Å². The summed E-state index contributed by atoms with van der Waals surface area (Å²) < 4.78 is 0. The summed E-state index contributed by atoms with van der Waals surface area (Å²) in [6, 6.07) is 19.1. The molecule has 2 bridgehead atoms. The zero-order valence-electron chi connectivity index (χ0n) is 17.0. The number of hydrogen-bond acceptors (Lipinski definition) is 6. The van der Waals surface area contributed by atoms with Crippen molar-refractivity contribution < 1.29 is 19.4 Å². The van der Waals surface area contributed by atoms with Crippen LogP contribution in [0.1, 0.15) is 28.2 Å². The van der Waals surface area contributed by atoms with E-state index in [2.05, 4.69) is 0 Å². The van der Waals surface area contributed by atoms with Gasteiger partial charge >= 0.3 is 0 Å². The second-order valence-electron chi connectivity index (χ2n) is 8.44. The van der Waals surface area contributed by atoms with E-state index >= 15 is 0 Å². The van der Waals surface area contributed by atoms with Crippen molar-refractivity contribution in [2.45, 2.75) is 11.5 Å². The van der Waals surface area contributed by atoms with Gasteiger partial charge in [-0.15, -0.1) is 0 Å². The fraction of sp³-hybridized carbons (Fsp3) is 0.167. The number of hydrogen-bond donors (Lipinski definition) is 0. The molecule has 2 atom stereocenters. The summed E-state index contributed by atoms with van der Waals surface area (Å²) in [6.45, 7) is 0. The van der Waals surface area contributed by atoms with Crippen LogP contribution >= 0.6 is 0 Å². The number of benzene rings is 3.